The van der Waals surface area contributed by atoms with Crippen molar-refractivity contribution in [3.63, 3.8) is 0 Å². The van der Waals surface area contributed by atoms with E-state index in [2.05, 4.69) is 61.6 Å². The van der Waals surface area contributed by atoms with Crippen molar-refractivity contribution in [3.05, 3.63) is 143 Å². The molecule has 7 rings (SSSR count). The van der Waals surface area contributed by atoms with Crippen LogP contribution in [0.3, 0.4) is 0 Å². The molecule has 1 aliphatic heterocycles. The number of likely N-dealkylation sites (N-methyl/N-ethyl adjacent to an activating group) is 3. The summed E-state index contributed by atoms with van der Waals surface area (Å²) in [5, 5.41) is 18.8. The Morgan fingerprint density at radius 1 is 0.650 bits per heavy atom. The first-order chi connectivity index (χ1) is 38.3. The zero-order valence-electron chi connectivity index (χ0n) is 45.3. The van der Waals surface area contributed by atoms with Gasteiger partial charge in [0.15, 0.2) is 11.6 Å². The van der Waals surface area contributed by atoms with Gasteiger partial charge in [0.1, 0.15) is 15.8 Å². The number of halogens is 2. The molecule has 6 N–H and O–H groups in total. The molecule has 1 saturated heterocycles. The smallest absolute Gasteiger partial charge is 0.294 e. The van der Waals surface area contributed by atoms with Crippen molar-refractivity contribution in [1.29, 1.82) is 0 Å². The molecule has 1 aliphatic rings. The number of rotatable bonds is 22. The van der Waals surface area contributed by atoms with E-state index in [0.29, 0.717) is 66.1 Å². The third kappa shape index (κ3) is 15.3. The van der Waals surface area contributed by atoms with Gasteiger partial charge in [-0.1, -0.05) is 60.5 Å². The molecule has 80 heavy (non-hydrogen) atoms. The van der Waals surface area contributed by atoms with Gasteiger partial charge in [-0.2, -0.15) is 9.97 Å². The molecule has 1 unspecified atom stereocenters. The maximum Gasteiger partial charge on any atom is 0.294 e. The van der Waals surface area contributed by atoms with Crippen LogP contribution in [0.1, 0.15) is 34.1 Å². The summed E-state index contributed by atoms with van der Waals surface area (Å²) in [7, 11) is 11.6. The second kappa shape index (κ2) is 27.0. The van der Waals surface area contributed by atoms with Gasteiger partial charge in [-0.3, -0.25) is 33.7 Å². The number of Topliss-reactive ketones (excluding diaryl/α,β-unsaturated/α-hetero) is 2. The SMILES string of the molecule is CCCOc1ccc(Nc2ncc(Cl)c(Nc3ccccc3C(=O)C(=O)N(C)C)n2)cc1NC(=O)C=CC1CN(c2ccc(Nc3ncc(Cl)c(Nc4ccccc4C(=O)C(=O)N(C)C)n3)cc2NC(=O)C=CN(C)C)CCN1C. The zero-order chi connectivity index (χ0) is 57.6. The molecule has 1 atom stereocenters. The fourth-order valence-corrected chi connectivity index (χ4v) is 8.16. The highest BCUT2D eigenvalue weighted by Crippen LogP contribution is 2.35. The molecule has 0 saturated carbocycles. The van der Waals surface area contributed by atoms with E-state index in [9.17, 15) is 28.8 Å². The fourth-order valence-electron chi connectivity index (χ4n) is 7.88. The van der Waals surface area contributed by atoms with Crippen LogP contribution in [0.5, 0.6) is 5.75 Å². The number of anilines is 11. The summed E-state index contributed by atoms with van der Waals surface area (Å²) in [6.45, 7) is 4.02. The second-order valence-electron chi connectivity index (χ2n) is 18.8. The number of nitrogens with one attached hydrogen (secondary N) is 6. The number of piperazine rings is 1. The molecule has 22 nitrogen and oxygen atoms in total. The molecule has 416 valence electrons. The minimum Gasteiger partial charge on any atom is -0.491 e. The largest absolute Gasteiger partial charge is 0.491 e. The minimum absolute atomic E-state index is 0.136. The maximum absolute atomic E-state index is 13.8. The van der Waals surface area contributed by atoms with Crippen molar-refractivity contribution >= 4 is 122 Å². The highest BCUT2D eigenvalue weighted by Gasteiger charge is 2.27. The Hall–Kier alpha value is -9.12. The summed E-state index contributed by atoms with van der Waals surface area (Å²) in [4.78, 5) is 105. The Balaban J connectivity index is 1.07. The molecule has 0 spiro atoms. The molecule has 4 aromatic carbocycles. The molecular weight excluding hydrogens is 1070 g/mol. The Labute approximate surface area is 473 Å². The van der Waals surface area contributed by atoms with Gasteiger partial charge >= 0.3 is 0 Å². The van der Waals surface area contributed by atoms with Gasteiger partial charge in [-0.25, -0.2) is 9.97 Å². The van der Waals surface area contributed by atoms with Crippen molar-refractivity contribution in [2.45, 2.75) is 19.4 Å². The zero-order valence-corrected chi connectivity index (χ0v) is 46.8. The number of para-hydroxylation sites is 2. The maximum atomic E-state index is 13.8. The molecule has 6 aromatic rings. The number of nitrogens with zero attached hydrogens (tertiary/aromatic N) is 9. The topological polar surface area (TPSA) is 252 Å². The number of hydrogen-bond donors (Lipinski definition) is 6. The summed E-state index contributed by atoms with van der Waals surface area (Å²) < 4.78 is 6.02. The van der Waals surface area contributed by atoms with Gasteiger partial charge in [0, 0.05) is 97.7 Å². The van der Waals surface area contributed by atoms with Crippen LogP contribution < -0.4 is 41.5 Å². The van der Waals surface area contributed by atoms with Gasteiger partial charge in [0.05, 0.1) is 58.6 Å². The van der Waals surface area contributed by atoms with Crippen LogP contribution in [0.25, 0.3) is 0 Å². The van der Waals surface area contributed by atoms with E-state index in [1.54, 1.807) is 85.9 Å². The average Bonchev–Trinajstić information content (AvgIpc) is 3.44. The van der Waals surface area contributed by atoms with Crippen LogP contribution in [0.2, 0.25) is 10.0 Å². The Morgan fingerprint density at radius 2 is 1.16 bits per heavy atom. The van der Waals surface area contributed by atoms with E-state index < -0.39 is 29.3 Å². The van der Waals surface area contributed by atoms with Gasteiger partial charge in [-0.15, -0.1) is 0 Å². The van der Waals surface area contributed by atoms with E-state index in [4.69, 9.17) is 27.9 Å². The summed E-state index contributed by atoms with van der Waals surface area (Å²) in [5.41, 5.74) is 3.53. The van der Waals surface area contributed by atoms with Crippen molar-refractivity contribution in [3.8, 4) is 5.75 Å². The Morgan fingerprint density at radius 3 is 1.70 bits per heavy atom. The van der Waals surface area contributed by atoms with Crippen LogP contribution in [-0.4, -0.2) is 156 Å². The van der Waals surface area contributed by atoms with E-state index >= 15 is 0 Å². The fraction of sp³-hybridized carbons (Fsp3) is 0.250. The monoisotopic (exact) mass is 1130 g/mol. The third-order valence-electron chi connectivity index (χ3n) is 12.0. The van der Waals surface area contributed by atoms with Crippen LogP contribution >= 0.6 is 23.2 Å². The van der Waals surface area contributed by atoms with Crippen molar-refractivity contribution in [1.82, 2.24) is 39.5 Å². The van der Waals surface area contributed by atoms with E-state index in [0.717, 1.165) is 12.1 Å². The minimum atomic E-state index is -0.708. The number of ether oxygens (including phenoxy) is 1. The van der Waals surface area contributed by atoms with Crippen molar-refractivity contribution in [2.24, 2.45) is 0 Å². The Bertz CT molecular complexity index is 3350. The lowest BCUT2D eigenvalue weighted by molar-refractivity contribution is -0.124. The van der Waals surface area contributed by atoms with Crippen LogP contribution in [0.15, 0.2) is 122 Å². The first kappa shape index (κ1) is 58.6. The summed E-state index contributed by atoms with van der Waals surface area (Å²) in [6, 6.07) is 23.4. The molecule has 2 aromatic heterocycles. The number of aromatic nitrogens is 4. The summed E-state index contributed by atoms with van der Waals surface area (Å²) >= 11 is 13.0. The lowest BCUT2D eigenvalue weighted by atomic mass is 10.1. The van der Waals surface area contributed by atoms with E-state index in [1.165, 1.54) is 74.7 Å². The number of hydrogen-bond acceptors (Lipinski definition) is 18. The molecular formula is C56H61Cl2N15O7. The first-order valence-corrected chi connectivity index (χ1v) is 25.9. The number of amides is 4. The van der Waals surface area contributed by atoms with E-state index in [-0.39, 0.29) is 56.7 Å². The van der Waals surface area contributed by atoms with Gasteiger partial charge in [-0.05, 0) is 74.1 Å². The van der Waals surface area contributed by atoms with Gasteiger partial charge in [0.25, 0.3) is 23.4 Å². The predicted octanol–water partition coefficient (Wildman–Crippen LogP) is 8.21. The quantitative estimate of drug-likeness (QED) is 0.0213. The highest BCUT2D eigenvalue weighted by molar-refractivity contribution is 6.44. The lowest BCUT2D eigenvalue weighted by Crippen LogP contribution is -2.51. The number of carbonyl (C=O) groups is 6. The third-order valence-corrected chi connectivity index (χ3v) is 12.6. The summed E-state index contributed by atoms with van der Waals surface area (Å²) in [5.74, 6) is -2.52. The second-order valence-corrected chi connectivity index (χ2v) is 19.6. The van der Waals surface area contributed by atoms with Gasteiger partial charge in [0.2, 0.25) is 23.7 Å². The molecule has 1 fully saturated rings. The van der Waals surface area contributed by atoms with Crippen LogP contribution in [0, 0.1) is 0 Å². The average molecular weight is 1130 g/mol. The molecule has 0 bridgehead atoms. The Kier molecular flexibility index (Phi) is 19.7. The lowest BCUT2D eigenvalue weighted by Gasteiger charge is -2.40. The normalized spacial score (nSPS) is 13.3. The van der Waals surface area contributed by atoms with Crippen LogP contribution in [0.4, 0.5) is 63.3 Å². The van der Waals surface area contributed by atoms with Crippen molar-refractivity contribution < 1.29 is 33.5 Å². The number of carbonyl (C=O) groups excluding carboxylic acids is 6. The van der Waals surface area contributed by atoms with E-state index in [1.807, 2.05) is 32.2 Å². The molecule has 0 radical (unpaired) electrons. The van der Waals surface area contributed by atoms with Crippen molar-refractivity contribution in [2.75, 3.05) is 112 Å². The molecule has 3 heterocycles. The van der Waals surface area contributed by atoms with Crippen LogP contribution in [-0.2, 0) is 19.2 Å². The standard InChI is InChI=1S/C56H61Cl2N15O7/c1-9-28-80-46-22-19-35(62-56-60-32-40(58)52(68-56)66-42-17-13-11-15-38(42)50(77)54(79)71(6)7)30-44(46)64-47(74)23-20-36-33-73(27-26-72(36)8)45-21-18-34(29-43(45)63-48(75)24-25-69(2)3)61-55-59-31-39(57)51(67-55)65-41-16-12-10-14-37(41)49(76)53(78)70(4)5/h10-25,29-32,36H,9,26-28,33H2,1-8H3,(H,63,75)(H,64,74)(H2,59,61,65,67)(H2,60,62,66,68). The number of ketones is 2. The molecule has 4 amide bonds. The first-order valence-electron chi connectivity index (χ1n) is 25.1. The molecule has 0 aliphatic carbocycles. The molecule has 24 heteroatoms. The predicted molar refractivity (Wildman–Crippen MR) is 313 cm³/mol. The highest BCUT2D eigenvalue weighted by atomic mass is 35.5. The van der Waals surface area contributed by atoms with Gasteiger partial charge < -0.3 is 56.2 Å². The summed E-state index contributed by atoms with van der Waals surface area (Å²) in [6.07, 6.45) is 9.85. The number of benzene rings is 4.